The second-order valence-electron chi connectivity index (χ2n) is 7.26. The summed E-state index contributed by atoms with van der Waals surface area (Å²) >= 11 is 0. The first-order chi connectivity index (χ1) is 14.6. The largest absolute Gasteiger partial charge is 0.340 e. The number of benzene rings is 3. The molecule has 3 aromatic carbocycles. The van der Waals surface area contributed by atoms with Crippen molar-refractivity contribution in [2.24, 2.45) is 7.05 Å². The van der Waals surface area contributed by atoms with E-state index in [1.807, 2.05) is 90.5 Å². The van der Waals surface area contributed by atoms with Gasteiger partial charge in [0, 0.05) is 40.8 Å². The number of carbonyl (C=O) groups excluding carboxylic acids is 1. The van der Waals surface area contributed by atoms with Crippen LogP contribution in [0.2, 0.25) is 0 Å². The number of nitrogens with zero attached hydrogens (tertiary/aromatic N) is 1. The highest BCUT2D eigenvalue weighted by molar-refractivity contribution is 6.06. The van der Waals surface area contributed by atoms with Gasteiger partial charge in [0.15, 0.2) is 0 Å². The molecule has 0 unspecified atom stereocenters. The molecule has 0 saturated heterocycles. The van der Waals surface area contributed by atoms with E-state index >= 15 is 0 Å². The Hall–Kier alpha value is -4.12. The van der Waals surface area contributed by atoms with Crippen molar-refractivity contribution in [3.05, 3.63) is 101 Å². The topological polar surface area (TPSA) is 66.9 Å². The fraction of sp³-hybridized carbons (Fsp3) is 0.0400. The van der Waals surface area contributed by atoms with Crippen LogP contribution in [0, 0.1) is 0 Å². The Kier molecular flexibility index (Phi) is 4.21. The van der Waals surface area contributed by atoms with Gasteiger partial charge in [-0.15, -0.1) is 0 Å². The van der Waals surface area contributed by atoms with Crippen LogP contribution in [0.4, 0.5) is 5.69 Å². The lowest BCUT2D eigenvalue weighted by Gasteiger charge is -2.09. The standard InChI is InChI=1S/C25H19N3O2/c1-28-22-9-5-2-6-17(22)14-23(28)25(30)27-18-12-10-16(11-13-18)21-15-26-24(29)20-8-4-3-7-19(20)21/h2-15H,1H3,(H,26,29)(H,27,30). The summed E-state index contributed by atoms with van der Waals surface area (Å²) in [5, 5.41) is 5.55. The van der Waals surface area contributed by atoms with Crippen LogP contribution in [-0.2, 0) is 7.05 Å². The molecule has 5 rings (SSSR count). The number of rotatable bonds is 3. The van der Waals surface area contributed by atoms with Crippen LogP contribution in [0.25, 0.3) is 32.8 Å². The van der Waals surface area contributed by atoms with Crippen molar-refractivity contribution in [3.63, 3.8) is 0 Å². The monoisotopic (exact) mass is 393 g/mol. The van der Waals surface area contributed by atoms with E-state index in [0.717, 1.165) is 27.4 Å². The first-order valence-corrected chi connectivity index (χ1v) is 9.68. The minimum absolute atomic E-state index is 0.104. The van der Waals surface area contributed by atoms with E-state index in [1.54, 1.807) is 6.20 Å². The first-order valence-electron chi connectivity index (χ1n) is 9.68. The van der Waals surface area contributed by atoms with E-state index in [1.165, 1.54) is 0 Å². The number of fused-ring (bicyclic) bond motifs is 2. The van der Waals surface area contributed by atoms with Gasteiger partial charge in [-0.1, -0.05) is 48.5 Å². The molecule has 1 amide bonds. The molecule has 0 radical (unpaired) electrons. The second-order valence-corrected chi connectivity index (χ2v) is 7.26. The van der Waals surface area contributed by atoms with Crippen molar-refractivity contribution in [1.29, 1.82) is 0 Å². The molecular weight excluding hydrogens is 374 g/mol. The number of hydrogen-bond acceptors (Lipinski definition) is 2. The van der Waals surface area contributed by atoms with Crippen molar-refractivity contribution in [3.8, 4) is 11.1 Å². The fourth-order valence-corrected chi connectivity index (χ4v) is 3.88. The van der Waals surface area contributed by atoms with E-state index < -0.39 is 0 Å². The molecule has 0 aliphatic rings. The molecule has 0 atom stereocenters. The van der Waals surface area contributed by atoms with Gasteiger partial charge in [-0.3, -0.25) is 9.59 Å². The van der Waals surface area contributed by atoms with Crippen molar-refractivity contribution >= 4 is 33.3 Å². The Morgan fingerprint density at radius 3 is 2.37 bits per heavy atom. The van der Waals surface area contributed by atoms with Gasteiger partial charge in [0.25, 0.3) is 11.5 Å². The Morgan fingerprint density at radius 2 is 1.60 bits per heavy atom. The molecule has 146 valence electrons. The molecular formula is C25H19N3O2. The number of H-pyrrole nitrogens is 1. The van der Waals surface area contributed by atoms with E-state index in [4.69, 9.17) is 0 Å². The summed E-state index contributed by atoms with van der Waals surface area (Å²) < 4.78 is 1.89. The lowest BCUT2D eigenvalue weighted by Crippen LogP contribution is -2.15. The van der Waals surface area contributed by atoms with Crippen LogP contribution in [0.5, 0.6) is 0 Å². The molecule has 0 fully saturated rings. The number of aryl methyl sites for hydroxylation is 1. The maximum absolute atomic E-state index is 12.8. The van der Waals surface area contributed by atoms with Gasteiger partial charge >= 0.3 is 0 Å². The summed E-state index contributed by atoms with van der Waals surface area (Å²) in [6.07, 6.45) is 1.73. The summed E-state index contributed by atoms with van der Waals surface area (Å²) in [7, 11) is 1.89. The third-order valence-corrected chi connectivity index (χ3v) is 5.45. The number of carbonyl (C=O) groups is 1. The highest BCUT2D eigenvalue weighted by Crippen LogP contribution is 2.27. The van der Waals surface area contributed by atoms with Gasteiger partial charge in [-0.25, -0.2) is 0 Å². The van der Waals surface area contributed by atoms with Gasteiger partial charge < -0.3 is 14.9 Å². The molecule has 2 N–H and O–H groups in total. The predicted molar refractivity (Wildman–Crippen MR) is 121 cm³/mol. The quantitative estimate of drug-likeness (QED) is 0.456. The van der Waals surface area contributed by atoms with Crippen molar-refractivity contribution in [2.75, 3.05) is 5.32 Å². The van der Waals surface area contributed by atoms with Gasteiger partial charge in [0.1, 0.15) is 5.69 Å². The Bertz CT molecular complexity index is 1460. The maximum atomic E-state index is 12.8. The summed E-state index contributed by atoms with van der Waals surface area (Å²) in [6, 6.07) is 25.0. The van der Waals surface area contributed by atoms with Gasteiger partial charge in [0.2, 0.25) is 0 Å². The molecule has 0 spiro atoms. The number of pyridine rings is 1. The average Bonchev–Trinajstić information content (AvgIpc) is 3.12. The minimum Gasteiger partial charge on any atom is -0.340 e. The third-order valence-electron chi connectivity index (χ3n) is 5.45. The predicted octanol–water partition coefficient (Wildman–Crippen LogP) is 4.94. The zero-order chi connectivity index (χ0) is 20.7. The van der Waals surface area contributed by atoms with E-state index in [9.17, 15) is 9.59 Å². The smallest absolute Gasteiger partial charge is 0.272 e. The number of hydrogen-bond donors (Lipinski definition) is 2. The second kappa shape index (κ2) is 7.04. The van der Waals surface area contributed by atoms with E-state index in [-0.39, 0.29) is 11.5 Å². The van der Waals surface area contributed by atoms with Crippen LogP contribution < -0.4 is 10.9 Å². The van der Waals surface area contributed by atoms with Crippen LogP contribution >= 0.6 is 0 Å². The summed E-state index contributed by atoms with van der Waals surface area (Å²) in [5.41, 5.74) is 4.13. The minimum atomic E-state index is -0.157. The molecule has 2 heterocycles. The maximum Gasteiger partial charge on any atom is 0.272 e. The van der Waals surface area contributed by atoms with Gasteiger partial charge in [0.05, 0.1) is 0 Å². The number of aromatic amines is 1. The number of anilines is 1. The lowest BCUT2D eigenvalue weighted by molar-refractivity contribution is 0.102. The van der Waals surface area contributed by atoms with Crippen molar-refractivity contribution in [2.45, 2.75) is 0 Å². The molecule has 5 heteroatoms. The van der Waals surface area contributed by atoms with Crippen molar-refractivity contribution in [1.82, 2.24) is 9.55 Å². The SMILES string of the molecule is Cn1c(C(=O)Nc2ccc(-c3c[nH]c(=O)c4ccccc34)cc2)cc2ccccc21. The molecule has 5 nitrogen and oxygen atoms in total. The van der Waals surface area contributed by atoms with E-state index in [0.29, 0.717) is 16.8 Å². The summed E-state index contributed by atoms with van der Waals surface area (Å²) in [4.78, 5) is 27.7. The van der Waals surface area contributed by atoms with Crippen molar-refractivity contribution < 1.29 is 4.79 Å². The highest BCUT2D eigenvalue weighted by Gasteiger charge is 2.13. The normalized spacial score (nSPS) is 11.1. The highest BCUT2D eigenvalue weighted by atomic mass is 16.2. The van der Waals surface area contributed by atoms with Gasteiger partial charge in [-0.05, 0) is 41.3 Å². The van der Waals surface area contributed by atoms with Crippen LogP contribution in [0.1, 0.15) is 10.5 Å². The molecule has 0 aliphatic carbocycles. The Balaban J connectivity index is 1.44. The zero-order valence-electron chi connectivity index (χ0n) is 16.3. The molecule has 0 saturated carbocycles. The van der Waals surface area contributed by atoms with Crippen LogP contribution in [0.3, 0.4) is 0 Å². The lowest BCUT2D eigenvalue weighted by atomic mass is 10.0. The van der Waals surface area contributed by atoms with Crippen LogP contribution in [-0.4, -0.2) is 15.5 Å². The molecule has 2 aromatic heterocycles. The first kappa shape index (κ1) is 17.9. The molecule has 0 bridgehead atoms. The van der Waals surface area contributed by atoms with Crippen LogP contribution in [0.15, 0.2) is 89.9 Å². The average molecular weight is 393 g/mol. The number of amides is 1. The third kappa shape index (κ3) is 2.97. The molecule has 30 heavy (non-hydrogen) atoms. The number of aromatic nitrogens is 2. The molecule has 5 aromatic rings. The van der Waals surface area contributed by atoms with Gasteiger partial charge in [-0.2, -0.15) is 0 Å². The number of nitrogens with one attached hydrogen (secondary N) is 2. The molecule has 0 aliphatic heterocycles. The number of para-hydroxylation sites is 1. The van der Waals surface area contributed by atoms with E-state index in [2.05, 4.69) is 10.3 Å². The Labute approximate surface area is 172 Å². The fourth-order valence-electron chi connectivity index (χ4n) is 3.88. The summed E-state index contributed by atoms with van der Waals surface area (Å²) in [6.45, 7) is 0. The Morgan fingerprint density at radius 1 is 0.900 bits per heavy atom. The zero-order valence-corrected chi connectivity index (χ0v) is 16.3. The summed E-state index contributed by atoms with van der Waals surface area (Å²) in [5.74, 6) is -0.157.